The van der Waals surface area contributed by atoms with Crippen molar-refractivity contribution in [1.29, 1.82) is 0 Å². The van der Waals surface area contributed by atoms with Crippen LogP contribution in [-0.2, 0) is 0 Å². The van der Waals surface area contributed by atoms with Crippen LogP contribution in [0.3, 0.4) is 0 Å². The molecule has 0 aromatic carbocycles. The van der Waals surface area contributed by atoms with E-state index < -0.39 is 0 Å². The molecule has 0 amide bonds. The van der Waals surface area contributed by atoms with Gasteiger partial charge >= 0.3 is 59.7 Å². The second kappa shape index (κ2) is 6.14. The minimum atomic E-state index is 0.135. The Kier molecular flexibility index (Phi) is 7.30. The molecule has 0 rings (SSSR count). The first-order chi connectivity index (χ1) is 2.91. The summed E-state index contributed by atoms with van der Waals surface area (Å²) in [4.78, 5) is 4.42. The van der Waals surface area contributed by atoms with Gasteiger partial charge in [0.15, 0.2) is 0 Å². The molecule has 6 heavy (non-hydrogen) atoms. The van der Waals surface area contributed by atoms with E-state index in [1.165, 1.54) is 0 Å². The molecule has 0 spiro atoms. The van der Waals surface area contributed by atoms with E-state index in [2.05, 4.69) is 17.9 Å². The van der Waals surface area contributed by atoms with Gasteiger partial charge in [0.1, 0.15) is 0 Å². The molecule has 0 heterocycles. The molecular weight excluding hydrogens is 303 g/mol. The average molecular weight is 309 g/mol. The fraction of sp³-hybridized carbons (Fsp3) is 0.500. The molecule has 0 radical (unpaired) electrons. The Bertz CT molecular complexity index is 59.4. The fourth-order valence-electron chi connectivity index (χ4n) is 0.0833. The number of hydrogen-bond donors (Lipinski definition) is 0. The van der Waals surface area contributed by atoms with Crippen LogP contribution in [0.15, 0.2) is 0 Å². The van der Waals surface area contributed by atoms with Gasteiger partial charge in [-0.1, -0.05) is 0 Å². The summed E-state index contributed by atoms with van der Waals surface area (Å²) in [5.74, 6) is 0. The van der Waals surface area contributed by atoms with Gasteiger partial charge < -0.3 is 0 Å². The van der Waals surface area contributed by atoms with Crippen LogP contribution in [0.5, 0.6) is 0 Å². The molecule has 0 atom stereocenters. The van der Waals surface area contributed by atoms with E-state index in [1.807, 2.05) is 0 Å². The second-order valence-electron chi connectivity index (χ2n) is 0.612. The molecule has 0 aliphatic heterocycles. The first-order valence-electron chi connectivity index (χ1n) is 1.47. The van der Waals surface area contributed by atoms with Crippen LogP contribution in [0, 0.1) is 7.94 Å². The second-order valence-corrected chi connectivity index (χ2v) is 4.11. The van der Waals surface area contributed by atoms with Gasteiger partial charge in [0, 0.05) is 0 Å². The zero-order valence-corrected chi connectivity index (χ0v) is 8.48. The minimum absolute atomic E-state index is 0.135. The Morgan fingerprint density at radius 1 is 1.00 bits per heavy atom. The first kappa shape index (κ1) is 7.14. The van der Waals surface area contributed by atoms with Crippen molar-refractivity contribution in [2.75, 3.05) is 0 Å². The Morgan fingerprint density at radius 2 is 1.33 bits per heavy atom. The van der Waals surface area contributed by atoms with Gasteiger partial charge in [-0.2, -0.15) is 0 Å². The van der Waals surface area contributed by atoms with Crippen molar-refractivity contribution in [2.45, 2.75) is 9.94 Å². The first-order valence-corrected chi connectivity index (χ1v) is 8.47. The summed E-state index contributed by atoms with van der Waals surface area (Å²) in [7, 11) is 0. The van der Waals surface area contributed by atoms with Crippen molar-refractivity contribution in [2.24, 2.45) is 0 Å². The van der Waals surface area contributed by atoms with Crippen molar-refractivity contribution in [1.82, 2.24) is 0 Å². The maximum absolute atomic E-state index is 3.14. The van der Waals surface area contributed by atoms with Crippen LogP contribution in [0.4, 0.5) is 0 Å². The van der Waals surface area contributed by atoms with Gasteiger partial charge in [-0.3, -0.25) is 0 Å². The van der Waals surface area contributed by atoms with Crippen LogP contribution in [-0.4, -0.2) is 41.8 Å². The van der Waals surface area contributed by atoms with E-state index in [4.69, 9.17) is 0 Å². The fourth-order valence-corrected chi connectivity index (χ4v) is 3.75. The van der Waals surface area contributed by atoms with Crippen molar-refractivity contribution in [3.8, 4) is 7.94 Å². The van der Waals surface area contributed by atoms with Gasteiger partial charge in [-0.15, -0.1) is 0 Å². The van der Waals surface area contributed by atoms with Gasteiger partial charge in [-0.05, 0) is 0 Å². The third-order valence-electron chi connectivity index (χ3n) is 0.246. The molecular formula is C4H6Te2. The van der Waals surface area contributed by atoms with Crippen molar-refractivity contribution >= 4 is 41.8 Å². The summed E-state index contributed by atoms with van der Waals surface area (Å²) in [5.41, 5.74) is 0. The molecule has 0 aromatic heterocycles. The van der Waals surface area contributed by atoms with Crippen LogP contribution in [0.2, 0.25) is 9.94 Å². The SMILES string of the molecule is C[Te]C#C[Te]C. The van der Waals surface area contributed by atoms with Crippen molar-refractivity contribution < 1.29 is 0 Å². The van der Waals surface area contributed by atoms with E-state index >= 15 is 0 Å². The molecule has 0 nitrogen and oxygen atoms in total. The Morgan fingerprint density at radius 3 is 1.50 bits per heavy atom. The van der Waals surface area contributed by atoms with Gasteiger partial charge in [-0.25, -0.2) is 0 Å². The molecule has 0 aliphatic rings. The van der Waals surface area contributed by atoms with Crippen molar-refractivity contribution in [3.63, 3.8) is 0 Å². The van der Waals surface area contributed by atoms with Crippen LogP contribution in [0.25, 0.3) is 0 Å². The van der Waals surface area contributed by atoms with Gasteiger partial charge in [0.2, 0.25) is 0 Å². The molecule has 0 aromatic rings. The average Bonchev–Trinajstić information content (AvgIpc) is 1.61. The Hall–Kier alpha value is 1.14. The normalized spacial score (nSPS) is 6.33. The Labute approximate surface area is 59.2 Å². The van der Waals surface area contributed by atoms with E-state index in [9.17, 15) is 0 Å². The predicted molar refractivity (Wildman–Crippen MR) is 31.0 cm³/mol. The predicted octanol–water partition coefficient (Wildman–Crippen LogP) is 0.409. The summed E-state index contributed by atoms with van der Waals surface area (Å²) < 4.78 is 6.27. The van der Waals surface area contributed by atoms with E-state index in [0.717, 1.165) is 0 Å². The van der Waals surface area contributed by atoms with Crippen molar-refractivity contribution in [3.05, 3.63) is 0 Å². The number of hydrogen-bond acceptors (Lipinski definition) is 0. The molecule has 34 valence electrons. The zero-order valence-electron chi connectivity index (χ0n) is 3.82. The van der Waals surface area contributed by atoms with Gasteiger partial charge in [0.25, 0.3) is 0 Å². The molecule has 0 fully saturated rings. The summed E-state index contributed by atoms with van der Waals surface area (Å²) in [6.07, 6.45) is 0. The standard InChI is InChI=1S/C4H6Te2/c1-5-3-4-6-2/h1-2H3. The molecule has 0 aliphatic carbocycles. The van der Waals surface area contributed by atoms with E-state index in [0.29, 0.717) is 0 Å². The van der Waals surface area contributed by atoms with Crippen LogP contribution >= 0.6 is 0 Å². The molecule has 0 bridgehead atoms. The third kappa shape index (κ3) is 5.14. The topological polar surface area (TPSA) is 0 Å². The van der Waals surface area contributed by atoms with Gasteiger partial charge in [0.05, 0.1) is 0 Å². The summed E-state index contributed by atoms with van der Waals surface area (Å²) >= 11 is 0.271. The molecule has 0 saturated carbocycles. The summed E-state index contributed by atoms with van der Waals surface area (Å²) in [6, 6.07) is 0. The van der Waals surface area contributed by atoms with Crippen LogP contribution < -0.4 is 0 Å². The zero-order chi connectivity index (χ0) is 4.83. The monoisotopic (exact) mass is 314 g/mol. The quantitative estimate of drug-likeness (QED) is 0.449. The van der Waals surface area contributed by atoms with E-state index in [-0.39, 0.29) is 41.8 Å². The third-order valence-corrected chi connectivity index (χ3v) is 3.24. The molecule has 0 saturated heterocycles. The van der Waals surface area contributed by atoms with Crippen LogP contribution in [0.1, 0.15) is 0 Å². The Balaban J connectivity index is 2.90. The number of rotatable bonds is 0. The molecule has 0 unspecified atom stereocenters. The molecule has 2 heteroatoms. The molecule has 0 N–H and O–H groups in total. The van der Waals surface area contributed by atoms with E-state index in [1.54, 1.807) is 0 Å². The summed E-state index contributed by atoms with van der Waals surface area (Å²) in [5, 5.41) is 0. The maximum atomic E-state index is 3.14. The summed E-state index contributed by atoms with van der Waals surface area (Å²) in [6.45, 7) is 0.